The molecule has 0 heterocycles. The van der Waals surface area contributed by atoms with Crippen LogP contribution in [0, 0.1) is 5.92 Å². The summed E-state index contributed by atoms with van der Waals surface area (Å²) >= 11 is 0. The number of hydrogen-bond donors (Lipinski definition) is 1. The molecule has 1 saturated carbocycles. The molecule has 1 nitrogen and oxygen atoms in total. The standard InChI is InChI=1S/C11H21N/c1-9(2)11(12-4)7-5-10(3)6-8-11/h10,12H,1,5-8H2,2-4H3. The summed E-state index contributed by atoms with van der Waals surface area (Å²) in [6, 6.07) is 0. The van der Waals surface area contributed by atoms with E-state index < -0.39 is 0 Å². The second-order valence-corrected chi connectivity index (χ2v) is 4.29. The highest BCUT2D eigenvalue weighted by Crippen LogP contribution is 2.35. The average Bonchev–Trinajstić information content (AvgIpc) is 2.06. The minimum Gasteiger partial charge on any atom is -0.311 e. The highest BCUT2D eigenvalue weighted by atomic mass is 14.9. The van der Waals surface area contributed by atoms with Crippen molar-refractivity contribution in [2.75, 3.05) is 7.05 Å². The number of likely N-dealkylation sites (N-methyl/N-ethyl adjacent to an activating group) is 1. The molecule has 70 valence electrons. The van der Waals surface area contributed by atoms with Crippen LogP contribution >= 0.6 is 0 Å². The largest absolute Gasteiger partial charge is 0.311 e. The van der Waals surface area contributed by atoms with Gasteiger partial charge in [0.1, 0.15) is 0 Å². The van der Waals surface area contributed by atoms with Gasteiger partial charge in [-0.15, -0.1) is 0 Å². The molecule has 0 aromatic rings. The van der Waals surface area contributed by atoms with Crippen LogP contribution in [0.15, 0.2) is 12.2 Å². The molecule has 12 heavy (non-hydrogen) atoms. The van der Waals surface area contributed by atoms with Crippen LogP contribution in [0.5, 0.6) is 0 Å². The zero-order valence-corrected chi connectivity index (χ0v) is 8.61. The minimum atomic E-state index is 0.256. The van der Waals surface area contributed by atoms with E-state index in [-0.39, 0.29) is 5.54 Å². The summed E-state index contributed by atoms with van der Waals surface area (Å²) in [5.41, 5.74) is 1.56. The van der Waals surface area contributed by atoms with Crippen molar-refractivity contribution in [3.63, 3.8) is 0 Å². The second-order valence-electron chi connectivity index (χ2n) is 4.29. The Morgan fingerprint density at radius 3 is 2.25 bits per heavy atom. The molecule has 0 radical (unpaired) electrons. The van der Waals surface area contributed by atoms with Crippen molar-refractivity contribution in [3.8, 4) is 0 Å². The maximum Gasteiger partial charge on any atom is 0.0386 e. The van der Waals surface area contributed by atoms with Crippen LogP contribution in [-0.2, 0) is 0 Å². The Hall–Kier alpha value is -0.300. The molecule has 1 N–H and O–H groups in total. The van der Waals surface area contributed by atoms with E-state index in [1.807, 2.05) is 0 Å². The minimum absolute atomic E-state index is 0.256. The van der Waals surface area contributed by atoms with E-state index in [1.54, 1.807) is 0 Å². The van der Waals surface area contributed by atoms with Gasteiger partial charge >= 0.3 is 0 Å². The topological polar surface area (TPSA) is 12.0 Å². The monoisotopic (exact) mass is 167 g/mol. The lowest BCUT2D eigenvalue weighted by Crippen LogP contribution is -2.46. The van der Waals surface area contributed by atoms with E-state index in [0.717, 1.165) is 5.92 Å². The molecule has 0 aromatic heterocycles. The molecular weight excluding hydrogens is 146 g/mol. The summed E-state index contributed by atoms with van der Waals surface area (Å²) in [5, 5.41) is 3.44. The summed E-state index contributed by atoms with van der Waals surface area (Å²) < 4.78 is 0. The first-order chi connectivity index (χ1) is 5.60. The van der Waals surface area contributed by atoms with E-state index in [0.29, 0.717) is 0 Å². The van der Waals surface area contributed by atoms with Crippen molar-refractivity contribution in [2.45, 2.75) is 45.1 Å². The molecule has 0 saturated heterocycles. The lowest BCUT2D eigenvalue weighted by Gasteiger charge is -2.40. The van der Waals surface area contributed by atoms with Crippen molar-refractivity contribution >= 4 is 0 Å². The van der Waals surface area contributed by atoms with E-state index in [2.05, 4.69) is 32.8 Å². The zero-order valence-electron chi connectivity index (χ0n) is 8.61. The molecule has 1 rings (SSSR count). The lowest BCUT2D eigenvalue weighted by molar-refractivity contribution is 0.243. The Labute approximate surface area is 76.2 Å². The molecule has 1 fully saturated rings. The van der Waals surface area contributed by atoms with E-state index >= 15 is 0 Å². The van der Waals surface area contributed by atoms with E-state index in [4.69, 9.17) is 0 Å². The Morgan fingerprint density at radius 2 is 1.92 bits per heavy atom. The van der Waals surface area contributed by atoms with Gasteiger partial charge in [-0.1, -0.05) is 19.1 Å². The first kappa shape index (κ1) is 9.79. The predicted molar refractivity (Wildman–Crippen MR) is 54.2 cm³/mol. The molecule has 0 aromatic carbocycles. The van der Waals surface area contributed by atoms with Crippen LogP contribution in [0.3, 0.4) is 0 Å². The third kappa shape index (κ3) is 1.71. The molecule has 1 aliphatic carbocycles. The maximum absolute atomic E-state index is 4.08. The van der Waals surface area contributed by atoms with Gasteiger partial charge in [-0.05, 0) is 45.6 Å². The van der Waals surface area contributed by atoms with Crippen LogP contribution in [0.4, 0.5) is 0 Å². The predicted octanol–water partition coefficient (Wildman–Crippen LogP) is 2.73. The quantitative estimate of drug-likeness (QED) is 0.624. The summed E-state index contributed by atoms with van der Waals surface area (Å²) in [6.45, 7) is 8.57. The lowest BCUT2D eigenvalue weighted by atomic mass is 9.74. The molecule has 0 atom stereocenters. The Balaban J connectivity index is 2.63. The van der Waals surface area contributed by atoms with Crippen LogP contribution in [-0.4, -0.2) is 12.6 Å². The normalized spacial score (nSPS) is 36.4. The third-order valence-electron chi connectivity index (χ3n) is 3.42. The van der Waals surface area contributed by atoms with Crippen LogP contribution < -0.4 is 5.32 Å². The highest BCUT2D eigenvalue weighted by molar-refractivity contribution is 5.15. The number of hydrogen-bond acceptors (Lipinski definition) is 1. The summed E-state index contributed by atoms with van der Waals surface area (Å²) in [4.78, 5) is 0. The van der Waals surface area contributed by atoms with Gasteiger partial charge in [0.25, 0.3) is 0 Å². The summed E-state index contributed by atoms with van der Waals surface area (Å²) in [5.74, 6) is 0.908. The van der Waals surface area contributed by atoms with Crippen molar-refractivity contribution in [1.82, 2.24) is 5.32 Å². The first-order valence-electron chi connectivity index (χ1n) is 4.95. The van der Waals surface area contributed by atoms with Crippen LogP contribution in [0.25, 0.3) is 0 Å². The molecule has 0 bridgehead atoms. The third-order valence-corrected chi connectivity index (χ3v) is 3.42. The smallest absolute Gasteiger partial charge is 0.0386 e. The maximum atomic E-state index is 4.08. The van der Waals surface area contributed by atoms with Crippen molar-refractivity contribution in [3.05, 3.63) is 12.2 Å². The molecule has 0 unspecified atom stereocenters. The van der Waals surface area contributed by atoms with Gasteiger partial charge in [0.15, 0.2) is 0 Å². The van der Waals surface area contributed by atoms with Gasteiger partial charge in [0.2, 0.25) is 0 Å². The van der Waals surface area contributed by atoms with Crippen LogP contribution in [0.1, 0.15) is 39.5 Å². The zero-order chi connectivity index (χ0) is 9.19. The Kier molecular flexibility index (Phi) is 2.94. The van der Waals surface area contributed by atoms with E-state index in [9.17, 15) is 0 Å². The fourth-order valence-corrected chi connectivity index (χ4v) is 2.15. The fraction of sp³-hybridized carbons (Fsp3) is 0.818. The number of nitrogens with one attached hydrogen (secondary N) is 1. The van der Waals surface area contributed by atoms with Crippen molar-refractivity contribution in [2.24, 2.45) is 5.92 Å². The van der Waals surface area contributed by atoms with Gasteiger partial charge in [-0.2, -0.15) is 0 Å². The van der Waals surface area contributed by atoms with Gasteiger partial charge in [-0.25, -0.2) is 0 Å². The Bertz CT molecular complexity index is 164. The second kappa shape index (κ2) is 3.61. The molecular formula is C11H21N. The number of rotatable bonds is 2. The molecule has 1 heteroatoms. The fourth-order valence-electron chi connectivity index (χ4n) is 2.15. The van der Waals surface area contributed by atoms with Gasteiger partial charge in [-0.3, -0.25) is 0 Å². The van der Waals surface area contributed by atoms with Gasteiger partial charge < -0.3 is 5.32 Å². The molecule has 0 aliphatic heterocycles. The van der Waals surface area contributed by atoms with Crippen molar-refractivity contribution < 1.29 is 0 Å². The van der Waals surface area contributed by atoms with E-state index in [1.165, 1.54) is 31.3 Å². The van der Waals surface area contributed by atoms with Crippen molar-refractivity contribution in [1.29, 1.82) is 0 Å². The Morgan fingerprint density at radius 1 is 1.42 bits per heavy atom. The molecule has 0 amide bonds. The van der Waals surface area contributed by atoms with Gasteiger partial charge in [0.05, 0.1) is 0 Å². The molecule has 0 spiro atoms. The summed E-state index contributed by atoms with van der Waals surface area (Å²) in [6.07, 6.45) is 5.21. The first-order valence-corrected chi connectivity index (χ1v) is 4.95. The van der Waals surface area contributed by atoms with Crippen LogP contribution in [0.2, 0.25) is 0 Å². The molecule has 1 aliphatic rings. The van der Waals surface area contributed by atoms with Gasteiger partial charge in [0, 0.05) is 5.54 Å². The summed E-state index contributed by atoms with van der Waals surface area (Å²) in [7, 11) is 2.06. The SMILES string of the molecule is C=C(C)C1(NC)CCC(C)CC1. The average molecular weight is 167 g/mol. The highest BCUT2D eigenvalue weighted by Gasteiger charge is 2.32.